The molecule has 5 rings (SSSR count). The van der Waals surface area contributed by atoms with Gasteiger partial charge in [0.15, 0.2) is 5.96 Å². The Balaban J connectivity index is 1.56. The first-order valence-corrected chi connectivity index (χ1v) is 12.2. The van der Waals surface area contributed by atoms with Crippen molar-refractivity contribution in [2.24, 2.45) is 10.7 Å². The molecule has 0 unspecified atom stereocenters. The SMILES string of the molecule is COc1ccc(-c2csc([C@@]3(C)N=C(N)N(C)C(=O)[C@@H]3c3ccc(C4CC4)cc3)c2)cc1Cl. The zero-order valence-corrected chi connectivity index (χ0v) is 20.4. The van der Waals surface area contributed by atoms with Crippen LogP contribution >= 0.6 is 22.9 Å². The number of hydrogen-bond acceptors (Lipinski definition) is 5. The summed E-state index contributed by atoms with van der Waals surface area (Å²) in [5.41, 5.74) is 9.68. The van der Waals surface area contributed by atoms with Crippen LogP contribution in [0.25, 0.3) is 11.1 Å². The van der Waals surface area contributed by atoms with Crippen molar-refractivity contribution in [3.8, 4) is 16.9 Å². The van der Waals surface area contributed by atoms with Gasteiger partial charge in [-0.15, -0.1) is 11.3 Å². The molecular weight excluding hydrogens is 454 g/mol. The Hall–Kier alpha value is -2.83. The standard InChI is InChI=1S/C26H26ClN3O2S/c1-26(22-13-19(14-33-22)18-10-11-21(32-3)20(27)12-18)23(24(31)30(2)25(28)29-26)17-8-6-16(7-9-17)15-4-5-15/h6-15,23H,4-5H2,1-3H3,(H2,28,29)/t23-,26+/m0/s1. The van der Waals surface area contributed by atoms with Gasteiger partial charge in [-0.05, 0) is 71.5 Å². The lowest BCUT2D eigenvalue weighted by molar-refractivity contribution is -0.130. The van der Waals surface area contributed by atoms with Crippen molar-refractivity contribution in [3.63, 3.8) is 0 Å². The van der Waals surface area contributed by atoms with Gasteiger partial charge >= 0.3 is 0 Å². The molecule has 2 atom stereocenters. The molecule has 33 heavy (non-hydrogen) atoms. The highest BCUT2D eigenvalue weighted by molar-refractivity contribution is 7.10. The summed E-state index contributed by atoms with van der Waals surface area (Å²) < 4.78 is 5.27. The third kappa shape index (κ3) is 3.81. The van der Waals surface area contributed by atoms with E-state index < -0.39 is 11.5 Å². The second-order valence-electron chi connectivity index (χ2n) is 8.94. The van der Waals surface area contributed by atoms with Crippen LogP contribution in [0.3, 0.4) is 0 Å². The highest BCUT2D eigenvalue weighted by Crippen LogP contribution is 2.48. The van der Waals surface area contributed by atoms with E-state index in [1.165, 1.54) is 23.3 Å². The molecule has 3 aromatic rings. The van der Waals surface area contributed by atoms with Crippen LogP contribution in [0, 0.1) is 0 Å². The number of carbonyl (C=O) groups is 1. The number of halogens is 1. The van der Waals surface area contributed by atoms with E-state index in [1.807, 2.05) is 25.1 Å². The van der Waals surface area contributed by atoms with E-state index in [1.54, 1.807) is 25.5 Å². The molecule has 2 N–H and O–H groups in total. The third-order valence-electron chi connectivity index (χ3n) is 6.73. The van der Waals surface area contributed by atoms with E-state index in [0.717, 1.165) is 21.6 Å². The maximum Gasteiger partial charge on any atom is 0.239 e. The molecule has 1 fully saturated rings. The summed E-state index contributed by atoms with van der Waals surface area (Å²) >= 11 is 7.93. The van der Waals surface area contributed by atoms with Crippen LogP contribution in [0.2, 0.25) is 5.02 Å². The quantitative estimate of drug-likeness (QED) is 0.507. The molecule has 170 valence electrons. The van der Waals surface area contributed by atoms with Gasteiger partial charge in [-0.25, -0.2) is 4.99 Å². The first kappa shape index (κ1) is 22.0. The number of methoxy groups -OCH3 is 1. The molecule has 5 nitrogen and oxygen atoms in total. The Morgan fingerprint density at radius 1 is 1.12 bits per heavy atom. The van der Waals surface area contributed by atoms with E-state index in [9.17, 15) is 4.79 Å². The number of benzene rings is 2. The number of ether oxygens (including phenoxy) is 1. The number of hydrogen-bond donors (Lipinski definition) is 1. The van der Waals surface area contributed by atoms with Crippen molar-refractivity contribution < 1.29 is 9.53 Å². The molecular formula is C26H26ClN3O2S. The summed E-state index contributed by atoms with van der Waals surface area (Å²) in [6, 6.07) is 16.3. The first-order valence-electron chi connectivity index (χ1n) is 11.0. The van der Waals surface area contributed by atoms with E-state index in [4.69, 9.17) is 27.1 Å². The second kappa shape index (κ2) is 8.19. The van der Waals surface area contributed by atoms with Crippen molar-refractivity contribution >= 4 is 34.8 Å². The summed E-state index contributed by atoms with van der Waals surface area (Å²) in [6.07, 6.45) is 2.49. The van der Waals surface area contributed by atoms with Crippen LogP contribution < -0.4 is 10.5 Å². The number of thiophene rings is 1. The van der Waals surface area contributed by atoms with E-state index in [0.29, 0.717) is 16.7 Å². The maximum atomic E-state index is 13.5. The zero-order chi connectivity index (χ0) is 23.3. The summed E-state index contributed by atoms with van der Waals surface area (Å²) in [7, 11) is 3.28. The summed E-state index contributed by atoms with van der Waals surface area (Å²) in [5.74, 6) is 1.02. The summed E-state index contributed by atoms with van der Waals surface area (Å²) in [6.45, 7) is 2.00. The lowest BCUT2D eigenvalue weighted by Gasteiger charge is -2.40. The predicted molar refractivity (Wildman–Crippen MR) is 134 cm³/mol. The fraction of sp³-hybridized carbons (Fsp3) is 0.308. The van der Waals surface area contributed by atoms with Crippen molar-refractivity contribution in [1.82, 2.24) is 4.90 Å². The van der Waals surface area contributed by atoms with Gasteiger partial charge in [-0.3, -0.25) is 9.69 Å². The molecule has 1 aromatic heterocycles. The van der Waals surface area contributed by atoms with Crippen molar-refractivity contribution in [3.05, 3.63) is 74.9 Å². The Bertz CT molecular complexity index is 1250. The molecule has 7 heteroatoms. The highest BCUT2D eigenvalue weighted by atomic mass is 35.5. The molecule has 2 aliphatic rings. The normalized spacial score (nSPS) is 22.9. The van der Waals surface area contributed by atoms with E-state index >= 15 is 0 Å². The molecule has 1 aliphatic carbocycles. The van der Waals surface area contributed by atoms with Crippen LogP contribution in [-0.4, -0.2) is 30.9 Å². The fourth-order valence-corrected chi connectivity index (χ4v) is 5.88. The van der Waals surface area contributed by atoms with Gasteiger partial charge in [0.2, 0.25) is 5.91 Å². The van der Waals surface area contributed by atoms with Gasteiger partial charge in [0.1, 0.15) is 11.3 Å². The number of guanidine groups is 1. The predicted octanol–water partition coefficient (Wildman–Crippen LogP) is 5.74. The molecule has 0 radical (unpaired) electrons. The molecule has 1 aliphatic heterocycles. The number of rotatable bonds is 5. The molecule has 2 aromatic carbocycles. The summed E-state index contributed by atoms with van der Waals surface area (Å²) in [4.78, 5) is 20.8. The van der Waals surface area contributed by atoms with E-state index in [-0.39, 0.29) is 11.9 Å². The first-order chi connectivity index (χ1) is 15.8. The van der Waals surface area contributed by atoms with Gasteiger partial charge in [-0.2, -0.15) is 0 Å². The van der Waals surface area contributed by atoms with Crippen molar-refractivity contribution in [2.75, 3.05) is 14.2 Å². The number of aliphatic imine (C=N–C) groups is 1. The number of amides is 1. The average Bonchev–Trinajstić information content (AvgIpc) is 3.53. The second-order valence-corrected chi connectivity index (χ2v) is 10.3. The monoisotopic (exact) mass is 479 g/mol. The highest BCUT2D eigenvalue weighted by Gasteiger charge is 2.48. The molecule has 2 heterocycles. The van der Waals surface area contributed by atoms with E-state index in [2.05, 4.69) is 35.7 Å². The number of nitrogens with two attached hydrogens (primary N) is 1. The van der Waals surface area contributed by atoms with Gasteiger partial charge in [0.25, 0.3) is 0 Å². The minimum Gasteiger partial charge on any atom is -0.495 e. The Labute approximate surface area is 202 Å². The lowest BCUT2D eigenvalue weighted by atomic mass is 9.77. The van der Waals surface area contributed by atoms with Crippen LogP contribution in [0.5, 0.6) is 5.75 Å². The van der Waals surface area contributed by atoms with Gasteiger partial charge in [-0.1, -0.05) is 41.9 Å². The van der Waals surface area contributed by atoms with Gasteiger partial charge in [0.05, 0.1) is 18.1 Å². The molecule has 0 bridgehead atoms. The van der Waals surface area contributed by atoms with Crippen molar-refractivity contribution in [2.45, 2.75) is 37.1 Å². The number of nitrogens with zero attached hydrogens (tertiary/aromatic N) is 2. The Morgan fingerprint density at radius 3 is 2.45 bits per heavy atom. The van der Waals surface area contributed by atoms with Gasteiger partial charge in [0, 0.05) is 11.9 Å². The van der Waals surface area contributed by atoms with Crippen LogP contribution in [-0.2, 0) is 10.3 Å². The Morgan fingerprint density at radius 2 is 1.82 bits per heavy atom. The van der Waals surface area contributed by atoms with Crippen LogP contribution in [0.15, 0.2) is 58.9 Å². The van der Waals surface area contributed by atoms with Gasteiger partial charge < -0.3 is 10.5 Å². The Kier molecular flexibility index (Phi) is 5.46. The maximum absolute atomic E-state index is 13.5. The van der Waals surface area contributed by atoms with Crippen LogP contribution in [0.4, 0.5) is 0 Å². The molecule has 1 amide bonds. The smallest absolute Gasteiger partial charge is 0.239 e. The number of likely N-dealkylation sites (N-methyl/N-ethyl adjacent to an activating group) is 1. The lowest BCUT2D eigenvalue weighted by Crippen LogP contribution is -2.52. The molecule has 0 spiro atoms. The molecule has 1 saturated carbocycles. The largest absolute Gasteiger partial charge is 0.495 e. The fourth-order valence-electron chi connectivity index (χ4n) is 4.57. The average molecular weight is 480 g/mol. The minimum absolute atomic E-state index is 0.0494. The number of carbonyl (C=O) groups excluding carboxylic acids is 1. The van der Waals surface area contributed by atoms with Crippen LogP contribution in [0.1, 0.15) is 47.6 Å². The summed E-state index contributed by atoms with van der Waals surface area (Å²) in [5, 5.41) is 2.62. The zero-order valence-electron chi connectivity index (χ0n) is 18.8. The topological polar surface area (TPSA) is 67.9 Å². The third-order valence-corrected chi connectivity index (χ3v) is 8.18. The minimum atomic E-state index is -0.812. The molecule has 0 saturated heterocycles. The van der Waals surface area contributed by atoms with Crippen molar-refractivity contribution in [1.29, 1.82) is 0 Å².